The van der Waals surface area contributed by atoms with Crippen molar-refractivity contribution in [1.29, 1.82) is 0 Å². The first-order valence-corrected chi connectivity index (χ1v) is 14.2. The molecule has 202 valence electrons. The third kappa shape index (κ3) is 7.30. The first-order valence-electron chi connectivity index (χ1n) is 12.0. The maximum atomic E-state index is 13.3. The first-order chi connectivity index (χ1) is 18.7. The number of aryl methyl sites for hydroxylation is 1. The van der Waals surface area contributed by atoms with Crippen molar-refractivity contribution in [3.8, 4) is 11.5 Å². The van der Waals surface area contributed by atoms with Crippen LogP contribution in [0.5, 0.6) is 11.5 Å². The molecule has 0 heterocycles. The van der Waals surface area contributed by atoms with Crippen LogP contribution in [0.1, 0.15) is 33.9 Å². The van der Waals surface area contributed by atoms with Crippen molar-refractivity contribution in [2.45, 2.75) is 24.3 Å². The number of amides is 1. The molecule has 7 nitrogen and oxygen atoms in total. The number of hydrogen-bond donors (Lipinski definition) is 3. The minimum absolute atomic E-state index is 0.0341. The van der Waals surface area contributed by atoms with Crippen LogP contribution in [0.3, 0.4) is 0 Å². The van der Waals surface area contributed by atoms with Gasteiger partial charge in [0.2, 0.25) is 0 Å². The summed E-state index contributed by atoms with van der Waals surface area (Å²) >= 11 is 12.3. The van der Waals surface area contributed by atoms with Crippen LogP contribution in [-0.4, -0.2) is 26.0 Å². The Morgan fingerprint density at radius 3 is 2.31 bits per heavy atom. The fraction of sp³-hybridized carbons (Fsp3) is 0.138. The lowest BCUT2D eigenvalue weighted by Crippen LogP contribution is -2.30. The fourth-order valence-electron chi connectivity index (χ4n) is 3.82. The van der Waals surface area contributed by atoms with Crippen LogP contribution in [0, 0.1) is 6.92 Å². The molecule has 10 heteroatoms. The number of carbonyl (C=O) groups is 1. The highest BCUT2D eigenvalue weighted by molar-refractivity contribution is 7.92. The van der Waals surface area contributed by atoms with E-state index in [9.17, 15) is 18.3 Å². The summed E-state index contributed by atoms with van der Waals surface area (Å²) in [7, 11) is -4.07. The number of carbonyl (C=O) groups excluding carboxylic acids is 1. The Morgan fingerprint density at radius 1 is 0.949 bits per heavy atom. The van der Waals surface area contributed by atoms with Gasteiger partial charge in [0.15, 0.2) is 0 Å². The number of anilines is 1. The molecule has 39 heavy (non-hydrogen) atoms. The molecule has 4 aromatic rings. The maximum Gasteiger partial charge on any atom is 0.261 e. The van der Waals surface area contributed by atoms with Crippen LogP contribution in [0.25, 0.3) is 0 Å². The van der Waals surface area contributed by atoms with E-state index in [4.69, 9.17) is 27.9 Å². The lowest BCUT2D eigenvalue weighted by atomic mass is 10.0. The predicted octanol–water partition coefficient (Wildman–Crippen LogP) is 6.75. The van der Waals surface area contributed by atoms with Crippen LogP contribution in [0.4, 0.5) is 5.69 Å². The predicted molar refractivity (Wildman–Crippen MR) is 153 cm³/mol. The molecule has 0 saturated carbocycles. The highest BCUT2D eigenvalue weighted by atomic mass is 35.5. The van der Waals surface area contributed by atoms with Crippen LogP contribution in [0.15, 0.2) is 95.9 Å². The van der Waals surface area contributed by atoms with E-state index in [-0.39, 0.29) is 34.2 Å². The second kappa shape index (κ2) is 12.5. The van der Waals surface area contributed by atoms with Gasteiger partial charge in [0.25, 0.3) is 15.9 Å². The number of hydrogen-bond acceptors (Lipinski definition) is 5. The lowest BCUT2D eigenvalue weighted by molar-refractivity contribution is 0.0931. The molecule has 4 rings (SSSR count). The Bertz CT molecular complexity index is 1560. The second-order valence-corrected chi connectivity index (χ2v) is 11.3. The molecule has 0 aromatic heterocycles. The van der Waals surface area contributed by atoms with Crippen molar-refractivity contribution in [2.75, 3.05) is 11.3 Å². The Kier molecular flexibility index (Phi) is 9.14. The van der Waals surface area contributed by atoms with Crippen molar-refractivity contribution in [3.63, 3.8) is 0 Å². The highest BCUT2D eigenvalue weighted by Gasteiger charge is 2.22. The second-order valence-electron chi connectivity index (χ2n) is 8.75. The average molecular weight is 586 g/mol. The molecule has 0 radical (unpaired) electrons. The SMILES string of the molecule is Cc1ccc([C@H](CCO)NC(=O)c2cc(Cl)ccc2NS(=O)(=O)c2ccc(Oc3ccccc3Cl)cc2)cc1. The van der Waals surface area contributed by atoms with Crippen molar-refractivity contribution in [2.24, 2.45) is 0 Å². The van der Waals surface area contributed by atoms with Gasteiger partial charge < -0.3 is 15.2 Å². The fourth-order valence-corrected chi connectivity index (χ4v) is 5.25. The van der Waals surface area contributed by atoms with Crippen LogP contribution in [0.2, 0.25) is 10.0 Å². The summed E-state index contributed by atoms with van der Waals surface area (Å²) in [6.07, 6.45) is 0.277. The van der Waals surface area contributed by atoms with Gasteiger partial charge in [0.1, 0.15) is 11.5 Å². The molecular weight excluding hydrogens is 559 g/mol. The Balaban J connectivity index is 1.55. The molecule has 0 spiro atoms. The zero-order chi connectivity index (χ0) is 28.0. The molecule has 0 unspecified atom stereocenters. The number of rotatable bonds is 10. The van der Waals surface area contributed by atoms with Crippen LogP contribution in [-0.2, 0) is 10.0 Å². The van der Waals surface area contributed by atoms with E-state index in [1.165, 1.54) is 42.5 Å². The van der Waals surface area contributed by atoms with E-state index in [0.29, 0.717) is 16.5 Å². The molecule has 0 aliphatic carbocycles. The summed E-state index contributed by atoms with van der Waals surface area (Å²) < 4.78 is 34.6. The molecule has 0 saturated heterocycles. The van der Waals surface area contributed by atoms with Gasteiger partial charge in [-0.3, -0.25) is 9.52 Å². The molecule has 1 atom stereocenters. The number of sulfonamides is 1. The van der Waals surface area contributed by atoms with Gasteiger partial charge in [-0.2, -0.15) is 0 Å². The van der Waals surface area contributed by atoms with Crippen molar-refractivity contribution < 1.29 is 23.1 Å². The summed E-state index contributed by atoms with van der Waals surface area (Å²) in [4.78, 5) is 13.3. The van der Waals surface area contributed by atoms with Gasteiger partial charge in [-0.15, -0.1) is 0 Å². The monoisotopic (exact) mass is 584 g/mol. The number of aliphatic hydroxyl groups is 1. The minimum atomic E-state index is -4.07. The van der Waals surface area contributed by atoms with Crippen molar-refractivity contribution in [3.05, 3.63) is 118 Å². The van der Waals surface area contributed by atoms with Crippen LogP contribution >= 0.6 is 23.2 Å². The summed E-state index contributed by atoms with van der Waals surface area (Å²) in [6, 6.07) is 24.1. The van der Waals surface area contributed by atoms with Gasteiger partial charge in [-0.05, 0) is 73.5 Å². The zero-order valence-corrected chi connectivity index (χ0v) is 23.2. The van der Waals surface area contributed by atoms with Gasteiger partial charge in [0, 0.05) is 11.6 Å². The maximum absolute atomic E-state index is 13.3. The highest BCUT2D eigenvalue weighted by Crippen LogP contribution is 2.30. The topological polar surface area (TPSA) is 105 Å². The number of benzene rings is 4. The van der Waals surface area contributed by atoms with Crippen LogP contribution < -0.4 is 14.8 Å². The van der Waals surface area contributed by atoms with Gasteiger partial charge in [-0.1, -0.05) is 65.2 Å². The normalized spacial score (nSPS) is 12.0. The number of para-hydroxylation sites is 1. The first kappa shape index (κ1) is 28.4. The van der Waals surface area contributed by atoms with E-state index in [0.717, 1.165) is 11.1 Å². The Labute approximate surface area is 237 Å². The van der Waals surface area contributed by atoms with E-state index in [2.05, 4.69) is 10.0 Å². The Morgan fingerprint density at radius 2 is 1.64 bits per heavy atom. The summed E-state index contributed by atoms with van der Waals surface area (Å²) in [5, 5.41) is 13.1. The summed E-state index contributed by atoms with van der Waals surface area (Å²) in [5.74, 6) is 0.298. The van der Waals surface area contributed by atoms with Gasteiger partial charge in [0.05, 0.1) is 27.2 Å². The average Bonchev–Trinajstić information content (AvgIpc) is 2.91. The third-order valence-corrected chi connectivity index (χ3v) is 7.80. The number of ether oxygens (including phenoxy) is 1. The summed E-state index contributed by atoms with van der Waals surface area (Å²) in [6.45, 7) is 1.80. The van der Waals surface area contributed by atoms with Gasteiger partial charge in [-0.25, -0.2) is 8.42 Å². The quantitative estimate of drug-likeness (QED) is 0.191. The molecular formula is C29H26Cl2N2O5S. The zero-order valence-electron chi connectivity index (χ0n) is 20.9. The van der Waals surface area contributed by atoms with Crippen molar-refractivity contribution in [1.82, 2.24) is 5.32 Å². The van der Waals surface area contributed by atoms with Gasteiger partial charge >= 0.3 is 0 Å². The van der Waals surface area contributed by atoms with E-state index in [1.807, 2.05) is 31.2 Å². The Hall–Kier alpha value is -3.56. The number of nitrogens with one attached hydrogen (secondary N) is 2. The smallest absolute Gasteiger partial charge is 0.261 e. The molecule has 0 aliphatic rings. The standard InChI is InChI=1S/C29H26Cl2N2O5S/c1-19-6-8-20(9-7-19)26(16-17-34)32-29(35)24-18-21(30)10-15-27(24)33-39(36,37)23-13-11-22(12-14-23)38-28-5-3-2-4-25(28)31/h2-15,18,26,33-34H,16-17H2,1H3,(H,32,35)/t26-/m0/s1. The molecule has 3 N–H and O–H groups in total. The summed E-state index contributed by atoms with van der Waals surface area (Å²) in [5.41, 5.74) is 1.97. The minimum Gasteiger partial charge on any atom is -0.456 e. The van der Waals surface area contributed by atoms with E-state index >= 15 is 0 Å². The molecule has 1 amide bonds. The third-order valence-electron chi connectivity index (χ3n) is 5.87. The number of aliphatic hydroxyl groups excluding tert-OH is 1. The van der Waals surface area contributed by atoms with E-state index < -0.39 is 22.0 Å². The molecule has 0 fully saturated rings. The number of halogens is 2. The molecule has 4 aromatic carbocycles. The largest absolute Gasteiger partial charge is 0.456 e. The van der Waals surface area contributed by atoms with E-state index in [1.54, 1.807) is 24.3 Å². The lowest BCUT2D eigenvalue weighted by Gasteiger charge is -2.20. The van der Waals surface area contributed by atoms with Crippen molar-refractivity contribution >= 4 is 44.8 Å². The molecule has 0 aliphatic heterocycles. The molecule has 0 bridgehead atoms.